The third-order valence-electron chi connectivity index (χ3n) is 2.94. The summed E-state index contributed by atoms with van der Waals surface area (Å²) >= 11 is 6.00. The lowest BCUT2D eigenvalue weighted by Crippen LogP contribution is -2.37. The molecule has 1 unspecified atom stereocenters. The molecule has 1 aliphatic carbocycles. The fourth-order valence-electron chi connectivity index (χ4n) is 1.75. The van der Waals surface area contributed by atoms with E-state index in [1.165, 1.54) is 0 Å². The molecule has 0 aliphatic heterocycles. The van der Waals surface area contributed by atoms with Crippen molar-refractivity contribution in [3.8, 4) is 0 Å². The van der Waals surface area contributed by atoms with E-state index >= 15 is 0 Å². The molecule has 0 aromatic carbocycles. The third kappa shape index (κ3) is 3.93. The van der Waals surface area contributed by atoms with Gasteiger partial charge in [-0.3, -0.25) is 0 Å². The molecule has 0 heterocycles. The number of hydrogen-bond donors (Lipinski definition) is 1. The molecular weight excluding hydrogens is 234 g/mol. The van der Waals surface area contributed by atoms with Crippen molar-refractivity contribution >= 4 is 21.6 Å². The molecule has 1 atom stereocenters. The first-order valence-electron chi connectivity index (χ1n) is 5.56. The largest absolute Gasteiger partial charge is 0.214 e. The van der Waals surface area contributed by atoms with Crippen LogP contribution in [0.4, 0.5) is 0 Å². The average Bonchev–Trinajstić information content (AvgIpc) is 2.67. The minimum Gasteiger partial charge on any atom is -0.214 e. The van der Waals surface area contributed by atoms with Gasteiger partial charge in [-0.15, -0.1) is 11.6 Å². The van der Waals surface area contributed by atoms with Gasteiger partial charge in [0, 0.05) is 11.9 Å². The molecule has 1 aliphatic rings. The molecule has 1 N–H and O–H groups in total. The predicted molar refractivity (Wildman–Crippen MR) is 63.7 cm³/mol. The van der Waals surface area contributed by atoms with E-state index in [-0.39, 0.29) is 16.5 Å². The standard InChI is InChI=1S/C10H20ClNO2S/c1-8(2)10(11)7-12-15(13,14)9-5-3-4-6-9/h8-10,12H,3-7H2,1-2H3. The van der Waals surface area contributed by atoms with Crippen LogP contribution in [0.3, 0.4) is 0 Å². The second-order valence-corrected chi connectivity index (χ2v) is 7.17. The van der Waals surface area contributed by atoms with Crippen molar-refractivity contribution in [2.75, 3.05) is 6.54 Å². The van der Waals surface area contributed by atoms with Crippen LogP contribution < -0.4 is 4.72 Å². The molecule has 0 spiro atoms. The molecule has 5 heteroatoms. The number of nitrogens with one attached hydrogen (secondary N) is 1. The molecule has 0 amide bonds. The number of sulfonamides is 1. The second-order valence-electron chi connectivity index (χ2n) is 4.56. The fourth-order valence-corrected chi connectivity index (χ4v) is 3.52. The van der Waals surface area contributed by atoms with Gasteiger partial charge >= 0.3 is 0 Å². The molecule has 1 saturated carbocycles. The molecule has 0 bridgehead atoms. The molecule has 1 fully saturated rings. The van der Waals surface area contributed by atoms with E-state index < -0.39 is 10.0 Å². The van der Waals surface area contributed by atoms with Gasteiger partial charge in [-0.05, 0) is 18.8 Å². The summed E-state index contributed by atoms with van der Waals surface area (Å²) < 4.78 is 26.2. The Labute approximate surface area is 97.6 Å². The van der Waals surface area contributed by atoms with Crippen LogP contribution in [0, 0.1) is 5.92 Å². The SMILES string of the molecule is CC(C)C(Cl)CNS(=O)(=O)C1CCCC1. The number of hydrogen-bond acceptors (Lipinski definition) is 2. The first kappa shape index (κ1) is 13.3. The first-order valence-corrected chi connectivity index (χ1v) is 7.54. The van der Waals surface area contributed by atoms with Gasteiger partial charge in [0.1, 0.15) is 0 Å². The molecular formula is C10H20ClNO2S. The number of alkyl halides is 1. The van der Waals surface area contributed by atoms with Crippen LogP contribution in [-0.4, -0.2) is 25.6 Å². The van der Waals surface area contributed by atoms with E-state index in [4.69, 9.17) is 11.6 Å². The molecule has 0 aromatic heterocycles. The van der Waals surface area contributed by atoms with Crippen LogP contribution in [0.25, 0.3) is 0 Å². The van der Waals surface area contributed by atoms with Crippen molar-refractivity contribution < 1.29 is 8.42 Å². The van der Waals surface area contributed by atoms with Crippen LogP contribution in [0.1, 0.15) is 39.5 Å². The first-order chi connectivity index (χ1) is 6.93. The van der Waals surface area contributed by atoms with Crippen molar-refractivity contribution in [2.24, 2.45) is 5.92 Å². The van der Waals surface area contributed by atoms with E-state index in [0.29, 0.717) is 6.54 Å². The highest BCUT2D eigenvalue weighted by Crippen LogP contribution is 2.24. The second kappa shape index (κ2) is 5.51. The topological polar surface area (TPSA) is 46.2 Å². The van der Waals surface area contributed by atoms with Crippen LogP contribution in [-0.2, 0) is 10.0 Å². The number of rotatable bonds is 5. The smallest absolute Gasteiger partial charge is 0.214 e. The molecule has 0 radical (unpaired) electrons. The van der Waals surface area contributed by atoms with E-state index in [1.54, 1.807) is 0 Å². The molecule has 0 aromatic rings. The Morgan fingerprint density at radius 2 is 1.87 bits per heavy atom. The van der Waals surface area contributed by atoms with Gasteiger partial charge in [-0.2, -0.15) is 0 Å². The lowest BCUT2D eigenvalue weighted by atomic mass is 10.1. The van der Waals surface area contributed by atoms with E-state index in [9.17, 15) is 8.42 Å². The van der Waals surface area contributed by atoms with Gasteiger partial charge in [-0.1, -0.05) is 26.7 Å². The summed E-state index contributed by atoms with van der Waals surface area (Å²) in [5.74, 6) is 0.290. The summed E-state index contributed by atoms with van der Waals surface area (Å²) in [6, 6.07) is 0. The van der Waals surface area contributed by atoms with Gasteiger partial charge < -0.3 is 0 Å². The van der Waals surface area contributed by atoms with Gasteiger partial charge in [0.25, 0.3) is 0 Å². The van der Waals surface area contributed by atoms with Crippen molar-refractivity contribution in [2.45, 2.75) is 50.2 Å². The minimum atomic E-state index is -3.12. The lowest BCUT2D eigenvalue weighted by molar-refractivity contribution is 0.545. The third-order valence-corrected chi connectivity index (χ3v) is 5.52. The van der Waals surface area contributed by atoms with Crippen LogP contribution in [0.5, 0.6) is 0 Å². The Morgan fingerprint density at radius 3 is 2.33 bits per heavy atom. The lowest BCUT2D eigenvalue weighted by Gasteiger charge is -2.16. The molecule has 0 saturated heterocycles. The molecule has 3 nitrogen and oxygen atoms in total. The Hall–Kier alpha value is 0.200. The van der Waals surface area contributed by atoms with E-state index in [2.05, 4.69) is 4.72 Å². The highest BCUT2D eigenvalue weighted by atomic mass is 35.5. The highest BCUT2D eigenvalue weighted by molar-refractivity contribution is 7.90. The maximum atomic E-state index is 11.8. The Balaban J connectivity index is 2.42. The van der Waals surface area contributed by atoms with Gasteiger partial charge in [0.2, 0.25) is 10.0 Å². The summed E-state index contributed by atoms with van der Waals surface area (Å²) in [4.78, 5) is 0. The van der Waals surface area contributed by atoms with Crippen molar-refractivity contribution in [1.29, 1.82) is 0 Å². The highest BCUT2D eigenvalue weighted by Gasteiger charge is 2.28. The summed E-state index contributed by atoms with van der Waals surface area (Å²) in [6.45, 7) is 4.32. The summed E-state index contributed by atoms with van der Waals surface area (Å²) in [6.07, 6.45) is 3.65. The maximum Gasteiger partial charge on any atom is 0.214 e. The van der Waals surface area contributed by atoms with Gasteiger partial charge in [-0.25, -0.2) is 13.1 Å². The Kier molecular flexibility index (Phi) is 4.87. The van der Waals surface area contributed by atoms with Gasteiger partial charge in [0.15, 0.2) is 0 Å². The van der Waals surface area contributed by atoms with Crippen molar-refractivity contribution in [1.82, 2.24) is 4.72 Å². The maximum absolute atomic E-state index is 11.8. The van der Waals surface area contributed by atoms with Gasteiger partial charge in [0.05, 0.1) is 5.25 Å². The summed E-state index contributed by atoms with van der Waals surface area (Å²) in [5, 5.41) is -0.310. The Bertz CT molecular complexity index is 284. The van der Waals surface area contributed by atoms with Crippen LogP contribution >= 0.6 is 11.6 Å². The predicted octanol–water partition coefficient (Wildman–Crippen LogP) is 2.11. The fraction of sp³-hybridized carbons (Fsp3) is 1.00. The number of halogens is 1. The molecule has 90 valence electrons. The minimum absolute atomic E-state index is 0.124. The monoisotopic (exact) mass is 253 g/mol. The summed E-state index contributed by atoms with van der Waals surface area (Å²) in [5.41, 5.74) is 0. The zero-order valence-electron chi connectivity index (χ0n) is 9.37. The zero-order valence-corrected chi connectivity index (χ0v) is 10.9. The molecule has 15 heavy (non-hydrogen) atoms. The van der Waals surface area contributed by atoms with Crippen LogP contribution in [0.2, 0.25) is 0 Å². The quantitative estimate of drug-likeness (QED) is 0.763. The average molecular weight is 254 g/mol. The van der Waals surface area contributed by atoms with Crippen molar-refractivity contribution in [3.63, 3.8) is 0 Å². The van der Waals surface area contributed by atoms with E-state index in [0.717, 1.165) is 25.7 Å². The Morgan fingerprint density at radius 1 is 1.33 bits per heavy atom. The normalized spacial score (nSPS) is 21.1. The van der Waals surface area contributed by atoms with Crippen LogP contribution in [0.15, 0.2) is 0 Å². The zero-order chi connectivity index (χ0) is 11.5. The molecule has 1 rings (SSSR count). The van der Waals surface area contributed by atoms with Crippen molar-refractivity contribution in [3.05, 3.63) is 0 Å². The van der Waals surface area contributed by atoms with E-state index in [1.807, 2.05) is 13.8 Å². The summed E-state index contributed by atoms with van der Waals surface area (Å²) in [7, 11) is -3.12.